The number of benzene rings is 1. The molecule has 2 aliphatic heterocycles. The van der Waals surface area contributed by atoms with E-state index in [2.05, 4.69) is 18.8 Å². The normalized spacial score (nSPS) is 24.7. The Kier molecular flexibility index (Phi) is 9.73. The molecule has 0 unspecified atom stereocenters. The van der Waals surface area contributed by atoms with Crippen molar-refractivity contribution in [1.82, 2.24) is 0 Å². The summed E-state index contributed by atoms with van der Waals surface area (Å²) in [5, 5.41) is 0. The number of unbranched alkanes of at least 4 members (excludes halogenated alkanes) is 8. The molecule has 2 aliphatic rings. The zero-order chi connectivity index (χ0) is 21.0. The Morgan fingerprint density at radius 3 is 2.37 bits per heavy atom. The van der Waals surface area contributed by atoms with Gasteiger partial charge in [0.1, 0.15) is 12.1 Å². The first-order valence-electron chi connectivity index (χ1n) is 11.8. The van der Waals surface area contributed by atoms with E-state index in [9.17, 15) is 0 Å². The fourth-order valence-electron chi connectivity index (χ4n) is 4.17. The molecule has 0 aliphatic carbocycles. The highest BCUT2D eigenvalue weighted by molar-refractivity contribution is 5.95. The van der Waals surface area contributed by atoms with Crippen LogP contribution in [-0.2, 0) is 14.2 Å². The monoisotopic (exact) mass is 411 g/mol. The van der Waals surface area contributed by atoms with Gasteiger partial charge in [0.05, 0.1) is 0 Å². The molecule has 4 atom stereocenters. The maximum atomic E-state index is 6.18. The van der Waals surface area contributed by atoms with Gasteiger partial charge in [-0.2, -0.15) is 0 Å². The molecule has 1 fully saturated rings. The zero-order valence-corrected chi connectivity index (χ0v) is 18.6. The molecule has 0 N–H and O–H groups in total. The van der Waals surface area contributed by atoms with Gasteiger partial charge in [0.2, 0.25) is 5.90 Å². The summed E-state index contributed by atoms with van der Waals surface area (Å²) in [7, 11) is 1.68. The number of rotatable bonds is 12. The Morgan fingerprint density at radius 1 is 0.933 bits per heavy atom. The minimum atomic E-state index is -0.329. The Morgan fingerprint density at radius 2 is 1.63 bits per heavy atom. The molecule has 1 saturated heterocycles. The summed E-state index contributed by atoms with van der Waals surface area (Å²) in [5.74, 6) is 7.38. The van der Waals surface area contributed by atoms with Crippen LogP contribution in [0.15, 0.2) is 35.3 Å². The highest BCUT2D eigenvalue weighted by Gasteiger charge is 2.50. The molecule has 0 spiro atoms. The Bertz CT molecular complexity index is 706. The fourth-order valence-corrected chi connectivity index (χ4v) is 4.17. The lowest BCUT2D eigenvalue weighted by molar-refractivity contribution is -0.124. The first kappa shape index (κ1) is 22.8. The second-order valence-corrected chi connectivity index (χ2v) is 8.27. The standard InChI is InChI=1S/C26H37NO3/c1-3-4-5-6-7-8-9-10-11-12-13-17-20-22-24-23(26(28-2)29-22)27-25(30-24)21-18-15-14-16-19-21/h14-16,18-19,22-24,26H,3-10,13,17,20H2,1-2H3/t22-,23-,24-,26-/m1/s1. The molecule has 164 valence electrons. The predicted octanol–water partition coefficient (Wildman–Crippen LogP) is 5.89. The lowest BCUT2D eigenvalue weighted by atomic mass is 10.0. The van der Waals surface area contributed by atoms with Gasteiger partial charge in [-0.1, -0.05) is 63.6 Å². The molecule has 2 heterocycles. The second kappa shape index (κ2) is 12.8. The number of aliphatic imine (C=N–C) groups is 1. The molecule has 0 aromatic heterocycles. The Balaban J connectivity index is 1.34. The van der Waals surface area contributed by atoms with E-state index >= 15 is 0 Å². The van der Waals surface area contributed by atoms with Crippen LogP contribution in [0.25, 0.3) is 0 Å². The summed E-state index contributed by atoms with van der Waals surface area (Å²) in [4.78, 5) is 4.75. The van der Waals surface area contributed by atoms with Crippen molar-refractivity contribution >= 4 is 5.90 Å². The summed E-state index contributed by atoms with van der Waals surface area (Å²) in [6.45, 7) is 2.26. The maximum Gasteiger partial charge on any atom is 0.217 e. The largest absolute Gasteiger partial charge is 0.469 e. The molecule has 3 rings (SSSR count). The maximum absolute atomic E-state index is 6.18. The van der Waals surface area contributed by atoms with Crippen LogP contribution < -0.4 is 0 Å². The van der Waals surface area contributed by atoms with Crippen molar-refractivity contribution in [2.45, 2.75) is 102 Å². The van der Waals surface area contributed by atoms with Crippen molar-refractivity contribution in [2.24, 2.45) is 4.99 Å². The number of fused-ring (bicyclic) bond motifs is 1. The van der Waals surface area contributed by atoms with Crippen LogP contribution in [0.1, 0.15) is 83.1 Å². The van der Waals surface area contributed by atoms with Crippen LogP contribution in [0.3, 0.4) is 0 Å². The van der Waals surface area contributed by atoms with Gasteiger partial charge >= 0.3 is 0 Å². The van der Waals surface area contributed by atoms with Gasteiger partial charge in [-0.05, 0) is 31.4 Å². The second-order valence-electron chi connectivity index (χ2n) is 8.27. The predicted molar refractivity (Wildman–Crippen MR) is 122 cm³/mol. The van der Waals surface area contributed by atoms with Gasteiger partial charge in [0.25, 0.3) is 0 Å². The third-order valence-electron chi connectivity index (χ3n) is 5.88. The van der Waals surface area contributed by atoms with E-state index < -0.39 is 0 Å². The van der Waals surface area contributed by atoms with E-state index in [1.165, 1.54) is 44.9 Å². The lowest BCUT2D eigenvalue weighted by Crippen LogP contribution is -2.30. The van der Waals surface area contributed by atoms with Crippen LogP contribution in [-0.4, -0.2) is 37.5 Å². The summed E-state index contributed by atoms with van der Waals surface area (Å²) in [6, 6.07) is 9.97. The number of methoxy groups -OCH3 is 1. The molecular weight excluding hydrogens is 374 g/mol. The third-order valence-corrected chi connectivity index (χ3v) is 5.88. The van der Waals surface area contributed by atoms with E-state index in [1.807, 2.05) is 30.3 Å². The topological polar surface area (TPSA) is 40.0 Å². The van der Waals surface area contributed by atoms with E-state index in [0.29, 0.717) is 5.90 Å². The van der Waals surface area contributed by atoms with Gasteiger partial charge in [0, 0.05) is 25.5 Å². The van der Waals surface area contributed by atoms with E-state index in [4.69, 9.17) is 19.2 Å². The summed E-state index contributed by atoms with van der Waals surface area (Å²) in [6.07, 6.45) is 12.9. The average molecular weight is 412 g/mol. The molecular formula is C26H37NO3. The number of hydrogen-bond acceptors (Lipinski definition) is 4. The molecule has 4 nitrogen and oxygen atoms in total. The zero-order valence-electron chi connectivity index (χ0n) is 18.6. The van der Waals surface area contributed by atoms with Crippen molar-refractivity contribution in [3.05, 3.63) is 35.9 Å². The summed E-state index contributed by atoms with van der Waals surface area (Å²) in [5.41, 5.74) is 1.01. The van der Waals surface area contributed by atoms with Crippen molar-refractivity contribution in [3.63, 3.8) is 0 Å². The highest BCUT2D eigenvalue weighted by atomic mass is 16.7. The molecule has 30 heavy (non-hydrogen) atoms. The molecule has 0 saturated carbocycles. The SMILES string of the molecule is CCCCCCCCCC#CCCC[C@H]1O[C@@H](OC)[C@@H]2N=C(c3ccccc3)O[C@@H]21. The van der Waals surface area contributed by atoms with Crippen LogP contribution in [0, 0.1) is 11.8 Å². The molecule has 0 radical (unpaired) electrons. The first-order chi connectivity index (χ1) is 14.8. The van der Waals surface area contributed by atoms with Crippen LogP contribution in [0.5, 0.6) is 0 Å². The van der Waals surface area contributed by atoms with Gasteiger partial charge in [0.15, 0.2) is 12.4 Å². The quantitative estimate of drug-likeness (QED) is 0.318. The smallest absolute Gasteiger partial charge is 0.217 e. The van der Waals surface area contributed by atoms with Crippen molar-refractivity contribution in [1.29, 1.82) is 0 Å². The van der Waals surface area contributed by atoms with Gasteiger partial charge in [-0.3, -0.25) is 0 Å². The average Bonchev–Trinajstić information content (AvgIpc) is 3.35. The minimum Gasteiger partial charge on any atom is -0.469 e. The first-order valence-corrected chi connectivity index (χ1v) is 11.8. The number of nitrogens with zero attached hydrogens (tertiary/aromatic N) is 1. The highest BCUT2D eigenvalue weighted by Crippen LogP contribution is 2.35. The molecule has 0 amide bonds. The van der Waals surface area contributed by atoms with E-state index in [0.717, 1.165) is 31.2 Å². The molecule has 4 heteroatoms. The molecule has 1 aromatic rings. The lowest BCUT2D eigenvalue weighted by Gasteiger charge is -2.17. The van der Waals surface area contributed by atoms with Crippen molar-refractivity contribution < 1.29 is 14.2 Å². The van der Waals surface area contributed by atoms with Crippen molar-refractivity contribution in [2.75, 3.05) is 7.11 Å². The Hall–Kier alpha value is -1.83. The van der Waals surface area contributed by atoms with E-state index in [-0.39, 0.29) is 24.5 Å². The van der Waals surface area contributed by atoms with Crippen LogP contribution >= 0.6 is 0 Å². The molecule has 1 aromatic carbocycles. The summed E-state index contributed by atoms with van der Waals surface area (Å²) < 4.78 is 17.8. The number of ether oxygens (including phenoxy) is 3. The number of hydrogen-bond donors (Lipinski definition) is 0. The van der Waals surface area contributed by atoms with Gasteiger partial charge in [-0.15, -0.1) is 11.8 Å². The fraction of sp³-hybridized carbons (Fsp3) is 0.654. The van der Waals surface area contributed by atoms with Gasteiger partial charge in [-0.25, -0.2) is 4.99 Å². The summed E-state index contributed by atoms with van der Waals surface area (Å²) >= 11 is 0. The van der Waals surface area contributed by atoms with Crippen LogP contribution in [0.4, 0.5) is 0 Å². The van der Waals surface area contributed by atoms with E-state index in [1.54, 1.807) is 7.11 Å². The Labute approximate surface area is 182 Å². The minimum absolute atomic E-state index is 0.00910. The molecule has 0 bridgehead atoms. The third kappa shape index (κ3) is 6.59. The van der Waals surface area contributed by atoms with Gasteiger partial charge < -0.3 is 14.2 Å². The van der Waals surface area contributed by atoms with Crippen LogP contribution in [0.2, 0.25) is 0 Å². The van der Waals surface area contributed by atoms with Crippen molar-refractivity contribution in [3.8, 4) is 11.8 Å².